The number of aromatic nitrogens is 2. The summed E-state index contributed by atoms with van der Waals surface area (Å²) in [6.07, 6.45) is 0.825. The summed E-state index contributed by atoms with van der Waals surface area (Å²) in [5.74, 6) is 1.41. The Bertz CT molecular complexity index is 331. The van der Waals surface area contributed by atoms with Crippen molar-refractivity contribution in [3.8, 4) is 0 Å². The lowest BCUT2D eigenvalue weighted by molar-refractivity contribution is 0.296. The van der Waals surface area contributed by atoms with Gasteiger partial charge in [-0.1, -0.05) is 19.0 Å². The molecule has 0 bridgehead atoms. The van der Waals surface area contributed by atoms with E-state index in [1.807, 2.05) is 13.8 Å². The first-order chi connectivity index (χ1) is 8.03. The highest BCUT2D eigenvalue weighted by Gasteiger charge is 2.25. The molecular weight excluding hydrogens is 216 g/mol. The third kappa shape index (κ3) is 3.78. The molecule has 0 unspecified atom stereocenters. The number of nitrogens with zero attached hydrogens (tertiary/aromatic N) is 3. The van der Waals surface area contributed by atoms with Crippen LogP contribution < -0.4 is 5.73 Å². The largest absolute Gasteiger partial charge is 0.339 e. The average Bonchev–Trinajstić information content (AvgIpc) is 2.80. The van der Waals surface area contributed by atoms with E-state index in [0.29, 0.717) is 12.4 Å². The first-order valence-electron chi connectivity index (χ1n) is 6.29. The first kappa shape index (κ1) is 14.1. The molecule has 1 heterocycles. The molecule has 1 rings (SSSR count). The molecule has 0 radical (unpaired) electrons. The van der Waals surface area contributed by atoms with Crippen molar-refractivity contribution < 1.29 is 4.52 Å². The summed E-state index contributed by atoms with van der Waals surface area (Å²) in [6, 6.07) is 0. The second-order valence-corrected chi connectivity index (χ2v) is 4.88. The van der Waals surface area contributed by atoms with E-state index >= 15 is 0 Å². The molecular formula is C12H24N4O. The highest BCUT2D eigenvalue weighted by molar-refractivity contribution is 5.01. The Labute approximate surface area is 103 Å². The van der Waals surface area contributed by atoms with Crippen LogP contribution in [0.5, 0.6) is 0 Å². The molecule has 0 saturated carbocycles. The smallest absolute Gasteiger partial charge is 0.233 e. The Hall–Kier alpha value is -0.940. The molecule has 1 aromatic heterocycles. The Morgan fingerprint density at radius 1 is 1.29 bits per heavy atom. The number of hydrogen-bond donors (Lipinski definition) is 1. The maximum atomic E-state index is 5.68. The van der Waals surface area contributed by atoms with Crippen LogP contribution in [0.2, 0.25) is 0 Å². The summed E-state index contributed by atoms with van der Waals surface area (Å²) in [7, 11) is 0. The van der Waals surface area contributed by atoms with E-state index in [4.69, 9.17) is 10.3 Å². The fraction of sp³-hybridized carbons (Fsp3) is 0.833. The standard InChI is InChI=1S/C12H24N4O/c1-5-16(6-2)8-7-10-14-11(17-15-10)12(3,4)9-13/h5-9,13H2,1-4H3. The molecule has 98 valence electrons. The third-order valence-electron chi connectivity index (χ3n) is 3.10. The minimum absolute atomic E-state index is 0.236. The topological polar surface area (TPSA) is 68.2 Å². The minimum Gasteiger partial charge on any atom is -0.339 e. The number of hydrogen-bond acceptors (Lipinski definition) is 5. The van der Waals surface area contributed by atoms with E-state index in [2.05, 4.69) is 28.9 Å². The summed E-state index contributed by atoms with van der Waals surface area (Å²) in [6.45, 7) is 11.9. The van der Waals surface area contributed by atoms with Gasteiger partial charge in [-0.3, -0.25) is 0 Å². The molecule has 2 N–H and O–H groups in total. The predicted molar refractivity (Wildman–Crippen MR) is 67.9 cm³/mol. The van der Waals surface area contributed by atoms with E-state index < -0.39 is 0 Å². The number of rotatable bonds is 7. The fourth-order valence-corrected chi connectivity index (χ4v) is 1.52. The second kappa shape index (κ2) is 6.12. The van der Waals surface area contributed by atoms with Crippen molar-refractivity contribution in [2.45, 2.75) is 39.5 Å². The van der Waals surface area contributed by atoms with Crippen molar-refractivity contribution >= 4 is 0 Å². The molecule has 1 aromatic rings. The van der Waals surface area contributed by atoms with Crippen LogP contribution in [0.15, 0.2) is 4.52 Å². The fourth-order valence-electron chi connectivity index (χ4n) is 1.52. The van der Waals surface area contributed by atoms with Gasteiger partial charge < -0.3 is 15.2 Å². The predicted octanol–water partition coefficient (Wildman–Crippen LogP) is 1.19. The molecule has 17 heavy (non-hydrogen) atoms. The Balaban J connectivity index is 2.57. The zero-order valence-electron chi connectivity index (χ0n) is 11.4. The second-order valence-electron chi connectivity index (χ2n) is 4.88. The Morgan fingerprint density at radius 3 is 2.47 bits per heavy atom. The normalized spacial score (nSPS) is 12.4. The maximum Gasteiger partial charge on any atom is 0.233 e. The van der Waals surface area contributed by atoms with E-state index in [0.717, 1.165) is 31.9 Å². The van der Waals surface area contributed by atoms with E-state index in [-0.39, 0.29) is 5.41 Å². The molecule has 0 aromatic carbocycles. The monoisotopic (exact) mass is 240 g/mol. The molecule has 0 aliphatic carbocycles. The molecule has 0 aliphatic heterocycles. The lowest BCUT2D eigenvalue weighted by atomic mass is 9.94. The van der Waals surface area contributed by atoms with Crippen molar-refractivity contribution in [1.29, 1.82) is 0 Å². The van der Waals surface area contributed by atoms with E-state index in [1.54, 1.807) is 0 Å². The SMILES string of the molecule is CCN(CC)CCc1noc(C(C)(C)CN)n1. The molecule has 0 amide bonds. The van der Waals surface area contributed by atoms with Gasteiger partial charge in [0.25, 0.3) is 0 Å². The van der Waals surface area contributed by atoms with Gasteiger partial charge in [-0.25, -0.2) is 0 Å². The van der Waals surface area contributed by atoms with Crippen LogP contribution in [0.1, 0.15) is 39.4 Å². The van der Waals surface area contributed by atoms with Crippen molar-refractivity contribution in [2.24, 2.45) is 5.73 Å². The van der Waals surface area contributed by atoms with Crippen molar-refractivity contribution in [1.82, 2.24) is 15.0 Å². The molecule has 0 saturated heterocycles. The van der Waals surface area contributed by atoms with Crippen LogP contribution in [0, 0.1) is 0 Å². The lowest BCUT2D eigenvalue weighted by Crippen LogP contribution is -2.28. The van der Waals surface area contributed by atoms with Gasteiger partial charge >= 0.3 is 0 Å². The van der Waals surface area contributed by atoms with E-state index in [9.17, 15) is 0 Å². The summed E-state index contributed by atoms with van der Waals surface area (Å²) < 4.78 is 5.26. The van der Waals surface area contributed by atoms with Crippen LogP contribution in [0.3, 0.4) is 0 Å². The highest BCUT2D eigenvalue weighted by Crippen LogP contribution is 2.19. The van der Waals surface area contributed by atoms with Gasteiger partial charge in [-0.15, -0.1) is 0 Å². The maximum absolute atomic E-state index is 5.68. The van der Waals surface area contributed by atoms with Crippen molar-refractivity contribution in [3.63, 3.8) is 0 Å². The molecule has 0 atom stereocenters. The Kier molecular flexibility index (Phi) is 5.08. The summed E-state index contributed by atoms with van der Waals surface area (Å²) in [5.41, 5.74) is 5.44. The first-order valence-corrected chi connectivity index (χ1v) is 6.29. The van der Waals surface area contributed by atoms with Gasteiger partial charge in [0.1, 0.15) is 0 Å². The van der Waals surface area contributed by atoms with Gasteiger partial charge in [0.15, 0.2) is 5.82 Å². The van der Waals surface area contributed by atoms with Gasteiger partial charge in [0, 0.05) is 19.5 Å². The summed E-state index contributed by atoms with van der Waals surface area (Å²) >= 11 is 0. The third-order valence-corrected chi connectivity index (χ3v) is 3.10. The minimum atomic E-state index is -0.236. The zero-order valence-corrected chi connectivity index (χ0v) is 11.4. The molecule has 0 fully saturated rings. The van der Waals surface area contributed by atoms with Crippen molar-refractivity contribution in [3.05, 3.63) is 11.7 Å². The molecule has 5 heteroatoms. The lowest BCUT2D eigenvalue weighted by Gasteiger charge is -2.16. The summed E-state index contributed by atoms with van der Waals surface area (Å²) in [5, 5.41) is 4.00. The molecule has 0 spiro atoms. The zero-order chi connectivity index (χ0) is 12.9. The van der Waals surface area contributed by atoms with Crippen LogP contribution in [-0.2, 0) is 11.8 Å². The quantitative estimate of drug-likeness (QED) is 0.775. The van der Waals surface area contributed by atoms with Crippen LogP contribution in [0.4, 0.5) is 0 Å². The summed E-state index contributed by atoms with van der Waals surface area (Å²) in [4.78, 5) is 6.75. The van der Waals surface area contributed by atoms with Crippen LogP contribution in [-0.4, -0.2) is 41.2 Å². The van der Waals surface area contributed by atoms with Crippen LogP contribution in [0.25, 0.3) is 0 Å². The Morgan fingerprint density at radius 2 is 1.94 bits per heavy atom. The average molecular weight is 240 g/mol. The van der Waals surface area contributed by atoms with Gasteiger partial charge in [-0.05, 0) is 26.9 Å². The number of nitrogens with two attached hydrogens (primary N) is 1. The van der Waals surface area contributed by atoms with Gasteiger partial charge in [-0.2, -0.15) is 4.98 Å². The van der Waals surface area contributed by atoms with E-state index in [1.165, 1.54) is 0 Å². The van der Waals surface area contributed by atoms with Crippen LogP contribution >= 0.6 is 0 Å². The molecule has 0 aliphatic rings. The van der Waals surface area contributed by atoms with Crippen molar-refractivity contribution in [2.75, 3.05) is 26.2 Å². The van der Waals surface area contributed by atoms with Gasteiger partial charge in [0.2, 0.25) is 5.89 Å². The highest BCUT2D eigenvalue weighted by atomic mass is 16.5. The molecule has 5 nitrogen and oxygen atoms in total. The van der Waals surface area contributed by atoms with Gasteiger partial charge in [0.05, 0.1) is 5.41 Å². The number of likely N-dealkylation sites (N-methyl/N-ethyl adjacent to an activating group) is 1.